The number of carbonyl (C=O) groups excluding carboxylic acids is 1. The van der Waals surface area contributed by atoms with Crippen LogP contribution in [0.3, 0.4) is 0 Å². The number of carbonyl (C=O) groups is 1. The third-order valence-corrected chi connectivity index (χ3v) is 9.91. The number of hydrogen-bond acceptors (Lipinski definition) is 13. The topological polar surface area (TPSA) is 155 Å². The molecule has 0 radical (unpaired) electrons. The molecule has 1 atom stereocenters. The van der Waals surface area contributed by atoms with E-state index >= 15 is 0 Å². The van der Waals surface area contributed by atoms with Crippen LogP contribution in [0.15, 0.2) is 48.9 Å². The Morgan fingerprint density at radius 2 is 1.73 bits per heavy atom. The van der Waals surface area contributed by atoms with Gasteiger partial charge in [0, 0.05) is 35.1 Å². The van der Waals surface area contributed by atoms with Gasteiger partial charge >= 0.3 is 7.82 Å². The van der Waals surface area contributed by atoms with Crippen molar-refractivity contribution in [2.45, 2.75) is 85.0 Å². The molecule has 2 aromatic carbocycles. The van der Waals surface area contributed by atoms with Gasteiger partial charge in [-0.05, 0) is 72.6 Å². The van der Waals surface area contributed by atoms with Crippen LogP contribution in [0.5, 0.6) is 11.5 Å². The van der Waals surface area contributed by atoms with Crippen LogP contribution >= 0.6 is 19.2 Å². The van der Waals surface area contributed by atoms with Crippen LogP contribution in [0.1, 0.15) is 66.2 Å². The lowest BCUT2D eigenvalue weighted by Gasteiger charge is -2.31. The molecule has 0 aliphatic rings. The van der Waals surface area contributed by atoms with Crippen LogP contribution < -0.4 is 25.4 Å². The lowest BCUT2D eigenvalue weighted by Crippen LogP contribution is -2.33. The minimum atomic E-state index is -3.78. The van der Waals surface area contributed by atoms with Gasteiger partial charge in [-0.2, -0.15) is 0 Å². The van der Waals surface area contributed by atoms with E-state index in [1.54, 1.807) is 79.1 Å². The number of aromatic nitrogens is 3. The highest BCUT2D eigenvalue weighted by Crippen LogP contribution is 2.55. The van der Waals surface area contributed by atoms with Gasteiger partial charge in [0.25, 0.3) is 0 Å². The fraction of sp³-hybridized carbons (Fsp3) is 0.486. The summed E-state index contributed by atoms with van der Waals surface area (Å²) in [7, 11) is -2.22. The molecule has 0 aliphatic carbocycles. The van der Waals surface area contributed by atoms with Crippen molar-refractivity contribution in [2.24, 2.45) is 0 Å². The normalized spacial score (nSPS) is 12.9. The summed E-state index contributed by atoms with van der Waals surface area (Å²) in [5.41, 5.74) is -0.650. The highest BCUT2D eigenvalue weighted by Gasteiger charge is 2.37. The number of halogens is 1. The average molecular weight is 747 g/mol. The summed E-state index contributed by atoms with van der Waals surface area (Å²) < 4.78 is 56.0. The van der Waals surface area contributed by atoms with Gasteiger partial charge < -0.3 is 25.4 Å². The molecule has 0 saturated carbocycles. The maximum absolute atomic E-state index is 13.9. The van der Waals surface area contributed by atoms with Gasteiger partial charge in [0.1, 0.15) is 18.0 Å². The third-order valence-electron chi connectivity index (χ3n) is 6.95. The molecule has 0 bridgehead atoms. The van der Waals surface area contributed by atoms with Crippen LogP contribution in [-0.2, 0) is 29.4 Å². The van der Waals surface area contributed by atoms with E-state index < -0.39 is 24.8 Å². The Balaban J connectivity index is 1.32. The molecule has 4 aromatic rings. The summed E-state index contributed by atoms with van der Waals surface area (Å²) in [5.74, 6) is 0.693. The molecule has 1 unspecified atom stereocenters. The third kappa shape index (κ3) is 12.8. The summed E-state index contributed by atoms with van der Waals surface area (Å²) >= 11 is 1.29. The predicted molar refractivity (Wildman–Crippen MR) is 198 cm³/mol. The Morgan fingerprint density at radius 1 is 1.00 bits per heavy atom. The second-order valence-electron chi connectivity index (χ2n) is 13.6. The molecule has 278 valence electrons. The van der Waals surface area contributed by atoms with Gasteiger partial charge in [-0.15, -0.1) is 11.3 Å². The van der Waals surface area contributed by atoms with E-state index in [0.29, 0.717) is 57.8 Å². The van der Waals surface area contributed by atoms with Gasteiger partial charge in [-0.1, -0.05) is 19.1 Å². The number of phosphoric acid groups is 1. The van der Waals surface area contributed by atoms with Crippen LogP contribution in [-0.4, -0.2) is 65.0 Å². The first-order chi connectivity index (χ1) is 24.1. The summed E-state index contributed by atoms with van der Waals surface area (Å²) in [6.07, 6.45) is 4.60. The van der Waals surface area contributed by atoms with E-state index in [1.165, 1.54) is 29.8 Å². The molecule has 4 rings (SSSR count). The van der Waals surface area contributed by atoms with Gasteiger partial charge in [0.2, 0.25) is 5.91 Å². The number of para-hydroxylation sites is 1. The van der Waals surface area contributed by atoms with Crippen molar-refractivity contribution in [3.05, 3.63) is 59.6 Å². The number of amides is 1. The molecule has 16 heteroatoms. The molecule has 0 aliphatic heterocycles. The minimum Gasteiger partial charge on any atom is -0.493 e. The maximum Gasteiger partial charge on any atom is 0.475 e. The number of fused-ring (bicyclic) bond motifs is 1. The van der Waals surface area contributed by atoms with Crippen molar-refractivity contribution in [2.75, 3.05) is 37.5 Å². The Labute approximate surface area is 302 Å². The number of phosphoric ester groups is 1. The molecule has 0 saturated heterocycles. The van der Waals surface area contributed by atoms with Crippen molar-refractivity contribution in [1.82, 2.24) is 20.3 Å². The molecule has 1 amide bonds. The van der Waals surface area contributed by atoms with Crippen LogP contribution in [0.4, 0.5) is 21.0 Å². The van der Waals surface area contributed by atoms with E-state index in [1.807, 2.05) is 0 Å². The van der Waals surface area contributed by atoms with Crippen molar-refractivity contribution in [1.29, 1.82) is 0 Å². The number of ether oxygens (including phenoxy) is 2. The average Bonchev–Trinajstić information content (AvgIpc) is 3.47. The predicted octanol–water partition coefficient (Wildman–Crippen LogP) is 8.05. The standard InChI is InChI=1S/C35H48FN6O7PS/c1-9-23(37-15-17-47-50(44,48-34(2,3)4)49-35(5,6)7)14-16-46-30-20-28-25(19-29(30)45-8)32(40-22-39-28)42-33-38-21-24(51-33)18-31(43)41-27-13-11-10-12-26(27)36/h10-13,19-23,37H,9,14-18H2,1-8H3,(H,41,43)(H,38,39,40,42). The first-order valence-electron chi connectivity index (χ1n) is 16.7. The first-order valence-corrected chi connectivity index (χ1v) is 18.9. The zero-order chi connectivity index (χ0) is 37.2. The van der Waals surface area contributed by atoms with Gasteiger partial charge in [-0.3, -0.25) is 18.4 Å². The minimum absolute atomic E-state index is 0.0375. The van der Waals surface area contributed by atoms with Crippen LogP contribution in [0, 0.1) is 5.82 Å². The van der Waals surface area contributed by atoms with Crippen molar-refractivity contribution >= 4 is 52.6 Å². The van der Waals surface area contributed by atoms with Gasteiger partial charge in [0.15, 0.2) is 16.6 Å². The lowest BCUT2D eigenvalue weighted by molar-refractivity contribution is -0.115. The Kier molecular flexibility index (Phi) is 13.9. The number of methoxy groups -OCH3 is 1. The van der Waals surface area contributed by atoms with E-state index in [-0.39, 0.29) is 30.7 Å². The summed E-state index contributed by atoms with van der Waals surface area (Å²) in [4.78, 5) is 26.4. The van der Waals surface area contributed by atoms with E-state index in [9.17, 15) is 13.8 Å². The number of benzene rings is 2. The smallest absolute Gasteiger partial charge is 0.475 e. The molecule has 2 aromatic heterocycles. The number of nitrogens with one attached hydrogen (secondary N) is 3. The highest BCUT2D eigenvalue weighted by molar-refractivity contribution is 7.48. The molecule has 0 spiro atoms. The number of hydrogen-bond donors (Lipinski definition) is 3. The fourth-order valence-electron chi connectivity index (χ4n) is 4.82. The molecule has 51 heavy (non-hydrogen) atoms. The SMILES string of the molecule is CCC(CCOc1cc2ncnc(Nc3ncc(CC(=O)Nc4ccccc4F)s3)c2cc1OC)NCCOP(=O)(OC(C)(C)C)OC(C)(C)C. The van der Waals surface area contributed by atoms with Crippen LogP contribution in [0.25, 0.3) is 10.9 Å². The second-order valence-corrected chi connectivity index (χ2v) is 16.2. The largest absolute Gasteiger partial charge is 0.493 e. The molecular formula is C35H48FN6O7PS. The van der Waals surface area contributed by atoms with Gasteiger partial charge in [0.05, 0.1) is 49.2 Å². The number of nitrogens with zero attached hydrogens (tertiary/aromatic N) is 3. The Hall–Kier alpha value is -3.72. The van der Waals surface area contributed by atoms with E-state index in [2.05, 4.69) is 37.8 Å². The van der Waals surface area contributed by atoms with Crippen LogP contribution in [0.2, 0.25) is 0 Å². The Bertz CT molecular complexity index is 1790. The quantitative estimate of drug-likeness (QED) is 0.0667. The molecule has 13 nitrogen and oxygen atoms in total. The lowest BCUT2D eigenvalue weighted by atomic mass is 10.1. The molecular weight excluding hydrogens is 698 g/mol. The van der Waals surface area contributed by atoms with Crippen molar-refractivity contribution < 1.29 is 36.8 Å². The summed E-state index contributed by atoms with van der Waals surface area (Å²) in [6, 6.07) is 9.71. The highest BCUT2D eigenvalue weighted by atomic mass is 32.1. The monoisotopic (exact) mass is 746 g/mol. The molecule has 0 fully saturated rings. The van der Waals surface area contributed by atoms with E-state index in [4.69, 9.17) is 23.0 Å². The molecule has 3 N–H and O–H groups in total. The number of rotatable bonds is 18. The zero-order valence-electron chi connectivity index (χ0n) is 30.4. The number of anilines is 3. The summed E-state index contributed by atoms with van der Waals surface area (Å²) in [6.45, 7) is 13.9. The zero-order valence-corrected chi connectivity index (χ0v) is 32.1. The van der Waals surface area contributed by atoms with Crippen molar-refractivity contribution in [3.63, 3.8) is 0 Å². The van der Waals surface area contributed by atoms with E-state index in [0.717, 1.165) is 6.42 Å². The Morgan fingerprint density at radius 3 is 2.39 bits per heavy atom. The maximum atomic E-state index is 13.9. The fourth-order valence-corrected chi connectivity index (χ4v) is 7.43. The first kappa shape index (κ1) is 40.1. The summed E-state index contributed by atoms with van der Waals surface area (Å²) in [5, 5.41) is 10.4. The molecule has 2 heterocycles. The van der Waals surface area contributed by atoms with Crippen molar-refractivity contribution in [3.8, 4) is 11.5 Å². The number of thiazole rings is 1. The second kappa shape index (κ2) is 17.7. The van der Waals surface area contributed by atoms with Gasteiger partial charge in [-0.25, -0.2) is 23.9 Å².